The second kappa shape index (κ2) is 8.87. The lowest BCUT2D eigenvalue weighted by Gasteiger charge is -2.12. The van der Waals surface area contributed by atoms with Gasteiger partial charge in [-0.25, -0.2) is 4.79 Å². The average molecular weight is 230 g/mol. The molecular formula is C10H18N2O4. The SMILES string of the molecule is C=CCC(NC(=O)CNCCOC)C(=O)O. The minimum Gasteiger partial charge on any atom is -0.480 e. The molecule has 0 aromatic carbocycles. The van der Waals surface area contributed by atoms with E-state index in [2.05, 4.69) is 17.2 Å². The van der Waals surface area contributed by atoms with Crippen molar-refractivity contribution in [2.45, 2.75) is 12.5 Å². The molecule has 0 aliphatic rings. The number of aliphatic carboxylic acids is 1. The Hall–Kier alpha value is -1.40. The monoisotopic (exact) mass is 230 g/mol. The fourth-order valence-corrected chi connectivity index (χ4v) is 1.01. The number of hydrogen-bond donors (Lipinski definition) is 3. The first-order chi connectivity index (χ1) is 7.61. The largest absolute Gasteiger partial charge is 0.480 e. The summed E-state index contributed by atoms with van der Waals surface area (Å²) < 4.78 is 4.78. The van der Waals surface area contributed by atoms with Crippen LogP contribution in [-0.2, 0) is 14.3 Å². The minimum absolute atomic E-state index is 0.0737. The number of carbonyl (C=O) groups is 2. The maximum Gasteiger partial charge on any atom is 0.326 e. The molecule has 0 saturated carbocycles. The van der Waals surface area contributed by atoms with Crippen molar-refractivity contribution >= 4 is 11.9 Å². The Labute approximate surface area is 94.7 Å². The Kier molecular flexibility index (Phi) is 8.10. The van der Waals surface area contributed by atoms with Gasteiger partial charge in [0.1, 0.15) is 6.04 Å². The second-order valence-corrected chi connectivity index (χ2v) is 3.15. The Morgan fingerprint density at radius 1 is 1.56 bits per heavy atom. The third-order valence-electron chi connectivity index (χ3n) is 1.80. The number of carboxylic acids is 1. The van der Waals surface area contributed by atoms with Gasteiger partial charge < -0.3 is 20.5 Å². The number of ether oxygens (including phenoxy) is 1. The molecule has 16 heavy (non-hydrogen) atoms. The van der Waals surface area contributed by atoms with Crippen molar-refractivity contribution in [2.75, 3.05) is 26.8 Å². The van der Waals surface area contributed by atoms with Crippen molar-refractivity contribution in [3.63, 3.8) is 0 Å². The Balaban J connectivity index is 3.81. The summed E-state index contributed by atoms with van der Waals surface area (Å²) in [5.74, 6) is -1.42. The van der Waals surface area contributed by atoms with Crippen LogP contribution in [0.15, 0.2) is 12.7 Å². The molecule has 0 spiro atoms. The highest BCUT2D eigenvalue weighted by Crippen LogP contribution is 1.92. The van der Waals surface area contributed by atoms with Crippen LogP contribution >= 0.6 is 0 Å². The average Bonchev–Trinajstić information content (AvgIpc) is 2.23. The van der Waals surface area contributed by atoms with Gasteiger partial charge in [-0.2, -0.15) is 0 Å². The Bertz CT molecular complexity index is 243. The van der Waals surface area contributed by atoms with Crippen LogP contribution in [0.25, 0.3) is 0 Å². The topological polar surface area (TPSA) is 87.7 Å². The van der Waals surface area contributed by atoms with Gasteiger partial charge in [0.2, 0.25) is 5.91 Å². The summed E-state index contributed by atoms with van der Waals surface area (Å²) in [5, 5.41) is 14.0. The predicted octanol–water partition coefficient (Wildman–Crippen LogP) is -0.632. The molecule has 3 N–H and O–H groups in total. The number of carbonyl (C=O) groups excluding carboxylic acids is 1. The smallest absolute Gasteiger partial charge is 0.326 e. The van der Waals surface area contributed by atoms with E-state index in [9.17, 15) is 9.59 Å². The highest BCUT2D eigenvalue weighted by atomic mass is 16.5. The van der Waals surface area contributed by atoms with Gasteiger partial charge in [-0.05, 0) is 6.42 Å². The summed E-state index contributed by atoms with van der Waals surface area (Å²) in [5.41, 5.74) is 0. The van der Waals surface area contributed by atoms with E-state index in [0.29, 0.717) is 13.2 Å². The summed E-state index contributed by atoms with van der Waals surface area (Å²) in [6.07, 6.45) is 1.66. The van der Waals surface area contributed by atoms with Gasteiger partial charge in [0, 0.05) is 13.7 Å². The minimum atomic E-state index is -1.06. The van der Waals surface area contributed by atoms with Crippen molar-refractivity contribution in [1.29, 1.82) is 0 Å². The molecular weight excluding hydrogens is 212 g/mol. The quantitative estimate of drug-likeness (QED) is 0.362. The third kappa shape index (κ3) is 6.97. The van der Waals surface area contributed by atoms with Crippen LogP contribution in [0.5, 0.6) is 0 Å². The van der Waals surface area contributed by atoms with E-state index >= 15 is 0 Å². The van der Waals surface area contributed by atoms with E-state index in [0.717, 1.165) is 0 Å². The lowest BCUT2D eigenvalue weighted by Crippen LogP contribution is -2.44. The molecule has 0 saturated heterocycles. The highest BCUT2D eigenvalue weighted by molar-refractivity contribution is 5.84. The van der Waals surface area contributed by atoms with Gasteiger partial charge >= 0.3 is 5.97 Å². The standard InChI is InChI=1S/C10H18N2O4/c1-3-4-8(10(14)15)12-9(13)7-11-5-6-16-2/h3,8,11H,1,4-7H2,2H3,(H,12,13)(H,14,15). The van der Waals surface area contributed by atoms with Gasteiger partial charge in [0.25, 0.3) is 0 Å². The van der Waals surface area contributed by atoms with Crippen LogP contribution in [0.1, 0.15) is 6.42 Å². The molecule has 0 radical (unpaired) electrons. The van der Waals surface area contributed by atoms with E-state index in [1.807, 2.05) is 0 Å². The van der Waals surface area contributed by atoms with Gasteiger partial charge in [-0.3, -0.25) is 4.79 Å². The van der Waals surface area contributed by atoms with Crippen LogP contribution in [-0.4, -0.2) is 49.8 Å². The lowest BCUT2D eigenvalue weighted by molar-refractivity contribution is -0.141. The number of carboxylic acid groups (broad SMARTS) is 1. The van der Waals surface area contributed by atoms with Crippen LogP contribution in [0.3, 0.4) is 0 Å². The van der Waals surface area contributed by atoms with E-state index in [1.165, 1.54) is 6.08 Å². The first-order valence-corrected chi connectivity index (χ1v) is 4.94. The highest BCUT2D eigenvalue weighted by Gasteiger charge is 2.17. The molecule has 1 amide bonds. The van der Waals surface area contributed by atoms with Crippen molar-refractivity contribution in [3.05, 3.63) is 12.7 Å². The molecule has 1 unspecified atom stereocenters. The van der Waals surface area contributed by atoms with E-state index in [-0.39, 0.29) is 18.9 Å². The number of methoxy groups -OCH3 is 1. The Morgan fingerprint density at radius 3 is 2.75 bits per heavy atom. The van der Waals surface area contributed by atoms with Gasteiger partial charge in [0.05, 0.1) is 13.2 Å². The maximum absolute atomic E-state index is 11.3. The fourth-order valence-electron chi connectivity index (χ4n) is 1.01. The predicted molar refractivity (Wildman–Crippen MR) is 59.1 cm³/mol. The zero-order valence-corrected chi connectivity index (χ0v) is 9.36. The molecule has 0 aromatic rings. The summed E-state index contributed by atoms with van der Waals surface area (Å²) in [4.78, 5) is 22.0. The lowest BCUT2D eigenvalue weighted by atomic mass is 10.2. The number of nitrogens with one attached hydrogen (secondary N) is 2. The summed E-state index contributed by atoms with van der Waals surface area (Å²) in [6.45, 7) is 4.55. The van der Waals surface area contributed by atoms with Crippen LogP contribution in [0, 0.1) is 0 Å². The first-order valence-electron chi connectivity index (χ1n) is 4.94. The molecule has 0 heterocycles. The molecule has 6 nitrogen and oxygen atoms in total. The molecule has 0 aliphatic heterocycles. The zero-order chi connectivity index (χ0) is 12.4. The van der Waals surface area contributed by atoms with Gasteiger partial charge in [0.15, 0.2) is 0 Å². The number of amides is 1. The molecule has 0 fully saturated rings. The van der Waals surface area contributed by atoms with Crippen molar-refractivity contribution in [3.8, 4) is 0 Å². The third-order valence-corrected chi connectivity index (χ3v) is 1.80. The summed E-state index contributed by atoms with van der Waals surface area (Å²) >= 11 is 0. The van der Waals surface area contributed by atoms with Crippen LogP contribution < -0.4 is 10.6 Å². The van der Waals surface area contributed by atoms with E-state index < -0.39 is 12.0 Å². The number of hydrogen-bond acceptors (Lipinski definition) is 4. The van der Waals surface area contributed by atoms with Gasteiger partial charge in [-0.1, -0.05) is 6.08 Å². The molecule has 1 atom stereocenters. The normalized spacial score (nSPS) is 11.8. The molecule has 0 aromatic heterocycles. The molecule has 0 bridgehead atoms. The van der Waals surface area contributed by atoms with Gasteiger partial charge in [-0.15, -0.1) is 6.58 Å². The summed E-state index contributed by atoms with van der Waals surface area (Å²) in [6, 6.07) is -0.908. The van der Waals surface area contributed by atoms with Crippen LogP contribution in [0.4, 0.5) is 0 Å². The Morgan fingerprint density at radius 2 is 2.25 bits per heavy atom. The maximum atomic E-state index is 11.3. The van der Waals surface area contributed by atoms with E-state index in [4.69, 9.17) is 9.84 Å². The van der Waals surface area contributed by atoms with Crippen molar-refractivity contribution in [1.82, 2.24) is 10.6 Å². The molecule has 0 rings (SSSR count). The van der Waals surface area contributed by atoms with Crippen molar-refractivity contribution < 1.29 is 19.4 Å². The molecule has 6 heteroatoms. The van der Waals surface area contributed by atoms with Crippen LogP contribution in [0.2, 0.25) is 0 Å². The zero-order valence-electron chi connectivity index (χ0n) is 9.36. The van der Waals surface area contributed by atoms with Crippen molar-refractivity contribution in [2.24, 2.45) is 0 Å². The fraction of sp³-hybridized carbons (Fsp3) is 0.600. The molecule has 0 aliphatic carbocycles. The summed E-state index contributed by atoms with van der Waals surface area (Å²) in [7, 11) is 1.56. The second-order valence-electron chi connectivity index (χ2n) is 3.15. The first kappa shape index (κ1) is 14.6. The van der Waals surface area contributed by atoms with E-state index in [1.54, 1.807) is 7.11 Å². The molecule has 92 valence electrons. The number of rotatable bonds is 9.